The van der Waals surface area contributed by atoms with Gasteiger partial charge in [0.25, 0.3) is 5.91 Å². The third-order valence-corrected chi connectivity index (χ3v) is 3.19. The van der Waals surface area contributed by atoms with Gasteiger partial charge >= 0.3 is 0 Å². The molecule has 2 rings (SSSR count). The fraction of sp³-hybridized carbons (Fsp3) is 0.400. The van der Waals surface area contributed by atoms with Crippen molar-refractivity contribution in [1.82, 2.24) is 19.9 Å². The van der Waals surface area contributed by atoms with Gasteiger partial charge in [0.2, 0.25) is 0 Å². The fourth-order valence-electron chi connectivity index (χ4n) is 2.07. The van der Waals surface area contributed by atoms with Crippen LogP contribution < -0.4 is 5.32 Å². The zero-order valence-corrected chi connectivity index (χ0v) is 12.4. The SMILES string of the molecule is COCCn1c(C)cnc1CCNC(=O)c1ccccn1. The molecule has 0 saturated heterocycles. The van der Waals surface area contributed by atoms with E-state index in [0.29, 0.717) is 25.3 Å². The van der Waals surface area contributed by atoms with Gasteiger partial charge in [-0.25, -0.2) is 4.98 Å². The van der Waals surface area contributed by atoms with Crippen LogP contribution in [-0.2, 0) is 17.7 Å². The Morgan fingerprint density at radius 1 is 1.38 bits per heavy atom. The molecule has 0 aliphatic carbocycles. The molecule has 0 bridgehead atoms. The van der Waals surface area contributed by atoms with Gasteiger partial charge in [0, 0.05) is 44.7 Å². The highest BCUT2D eigenvalue weighted by Gasteiger charge is 2.09. The number of imidazole rings is 1. The normalized spacial score (nSPS) is 10.6. The second-order valence-electron chi connectivity index (χ2n) is 4.68. The molecule has 6 nitrogen and oxygen atoms in total. The van der Waals surface area contributed by atoms with Crippen LogP contribution in [0.1, 0.15) is 22.0 Å². The molecule has 1 amide bonds. The monoisotopic (exact) mass is 288 g/mol. The highest BCUT2D eigenvalue weighted by atomic mass is 16.5. The first-order chi connectivity index (χ1) is 10.2. The van der Waals surface area contributed by atoms with Gasteiger partial charge in [0.15, 0.2) is 0 Å². The van der Waals surface area contributed by atoms with Crippen LogP contribution in [0.25, 0.3) is 0 Å². The molecular formula is C15H20N4O2. The summed E-state index contributed by atoms with van der Waals surface area (Å²) in [6.45, 7) is 3.95. The van der Waals surface area contributed by atoms with Gasteiger partial charge in [-0.2, -0.15) is 0 Å². The van der Waals surface area contributed by atoms with Crippen LogP contribution in [0.15, 0.2) is 30.6 Å². The lowest BCUT2D eigenvalue weighted by molar-refractivity contribution is 0.0949. The lowest BCUT2D eigenvalue weighted by atomic mass is 10.3. The maximum absolute atomic E-state index is 11.9. The average molecular weight is 288 g/mol. The van der Waals surface area contributed by atoms with Gasteiger partial charge in [-0.15, -0.1) is 0 Å². The van der Waals surface area contributed by atoms with Crippen LogP contribution in [0.5, 0.6) is 0 Å². The first kappa shape index (κ1) is 15.2. The van der Waals surface area contributed by atoms with E-state index in [-0.39, 0.29) is 5.91 Å². The lowest BCUT2D eigenvalue weighted by Crippen LogP contribution is -2.27. The molecule has 6 heteroatoms. The molecule has 0 unspecified atom stereocenters. The van der Waals surface area contributed by atoms with Crippen molar-refractivity contribution in [3.05, 3.63) is 47.8 Å². The summed E-state index contributed by atoms with van der Waals surface area (Å²) in [6, 6.07) is 5.27. The van der Waals surface area contributed by atoms with Crippen LogP contribution in [0.3, 0.4) is 0 Å². The van der Waals surface area contributed by atoms with Crippen molar-refractivity contribution >= 4 is 5.91 Å². The maximum atomic E-state index is 11.9. The van der Waals surface area contributed by atoms with Crippen LogP contribution in [0.2, 0.25) is 0 Å². The number of aryl methyl sites for hydroxylation is 1. The van der Waals surface area contributed by atoms with E-state index >= 15 is 0 Å². The Hall–Kier alpha value is -2.21. The number of rotatable bonds is 7. The van der Waals surface area contributed by atoms with E-state index in [4.69, 9.17) is 4.74 Å². The quantitative estimate of drug-likeness (QED) is 0.831. The number of nitrogens with one attached hydrogen (secondary N) is 1. The highest BCUT2D eigenvalue weighted by molar-refractivity contribution is 5.92. The van der Waals surface area contributed by atoms with Crippen LogP contribution >= 0.6 is 0 Å². The van der Waals surface area contributed by atoms with Crippen LogP contribution in [-0.4, -0.2) is 40.7 Å². The zero-order chi connectivity index (χ0) is 15.1. The largest absolute Gasteiger partial charge is 0.383 e. The van der Waals surface area contributed by atoms with Crippen molar-refractivity contribution < 1.29 is 9.53 Å². The number of carbonyl (C=O) groups is 1. The lowest BCUT2D eigenvalue weighted by Gasteiger charge is -2.10. The van der Waals surface area contributed by atoms with Gasteiger partial charge in [-0.05, 0) is 19.1 Å². The molecule has 1 N–H and O–H groups in total. The maximum Gasteiger partial charge on any atom is 0.269 e. The number of pyridine rings is 1. The van der Waals surface area contributed by atoms with Gasteiger partial charge in [-0.3, -0.25) is 9.78 Å². The minimum atomic E-state index is -0.165. The van der Waals surface area contributed by atoms with E-state index < -0.39 is 0 Å². The van der Waals surface area contributed by atoms with Crippen molar-refractivity contribution in [3.8, 4) is 0 Å². The van der Waals surface area contributed by atoms with Gasteiger partial charge in [-0.1, -0.05) is 6.07 Å². The van der Waals surface area contributed by atoms with Gasteiger partial charge < -0.3 is 14.6 Å². The third-order valence-electron chi connectivity index (χ3n) is 3.19. The molecule has 2 aromatic heterocycles. The topological polar surface area (TPSA) is 69.0 Å². The number of ether oxygens (including phenoxy) is 1. The van der Waals surface area contributed by atoms with E-state index in [2.05, 4.69) is 19.9 Å². The van der Waals surface area contributed by atoms with Crippen molar-refractivity contribution in [2.75, 3.05) is 20.3 Å². The smallest absolute Gasteiger partial charge is 0.269 e. The first-order valence-corrected chi connectivity index (χ1v) is 6.91. The summed E-state index contributed by atoms with van der Waals surface area (Å²) < 4.78 is 7.21. The van der Waals surface area contributed by atoms with E-state index in [1.807, 2.05) is 13.1 Å². The fourth-order valence-corrected chi connectivity index (χ4v) is 2.07. The standard InChI is InChI=1S/C15H20N4O2/c1-12-11-18-14(19(12)9-10-21-2)6-8-17-15(20)13-5-3-4-7-16-13/h3-5,7,11H,6,8-10H2,1-2H3,(H,17,20). The Morgan fingerprint density at radius 2 is 2.24 bits per heavy atom. The van der Waals surface area contributed by atoms with E-state index in [1.165, 1.54) is 0 Å². The van der Waals surface area contributed by atoms with Gasteiger partial charge in [0.1, 0.15) is 11.5 Å². The van der Waals surface area contributed by atoms with Crippen molar-refractivity contribution in [2.45, 2.75) is 19.9 Å². The second kappa shape index (κ2) is 7.54. The van der Waals surface area contributed by atoms with E-state index in [0.717, 1.165) is 18.1 Å². The van der Waals surface area contributed by atoms with Crippen LogP contribution in [0.4, 0.5) is 0 Å². The number of hydrogen-bond acceptors (Lipinski definition) is 4. The molecule has 112 valence electrons. The van der Waals surface area contributed by atoms with Gasteiger partial charge in [0.05, 0.1) is 6.61 Å². The summed E-state index contributed by atoms with van der Waals surface area (Å²) in [5.41, 5.74) is 1.52. The predicted molar refractivity (Wildman–Crippen MR) is 79.1 cm³/mol. The summed E-state index contributed by atoms with van der Waals surface area (Å²) in [7, 11) is 1.68. The molecule has 0 fully saturated rings. The number of carbonyl (C=O) groups excluding carboxylic acids is 1. The Bertz CT molecular complexity index is 581. The Labute approximate surface area is 124 Å². The molecule has 2 heterocycles. The van der Waals surface area contributed by atoms with Crippen molar-refractivity contribution in [3.63, 3.8) is 0 Å². The molecule has 21 heavy (non-hydrogen) atoms. The Kier molecular flexibility index (Phi) is 5.45. The van der Waals surface area contributed by atoms with Crippen LogP contribution in [0, 0.1) is 6.92 Å². The average Bonchev–Trinajstić information content (AvgIpc) is 2.86. The molecule has 0 aliphatic heterocycles. The number of methoxy groups -OCH3 is 1. The molecule has 2 aromatic rings. The number of aromatic nitrogens is 3. The molecule has 0 atom stereocenters. The summed E-state index contributed by atoms with van der Waals surface area (Å²) in [5.74, 6) is 0.785. The molecule has 0 aliphatic rings. The highest BCUT2D eigenvalue weighted by Crippen LogP contribution is 2.05. The number of amides is 1. The van der Waals surface area contributed by atoms with E-state index in [1.54, 1.807) is 31.5 Å². The van der Waals surface area contributed by atoms with E-state index in [9.17, 15) is 4.79 Å². The number of hydrogen-bond donors (Lipinski definition) is 1. The number of nitrogens with zero attached hydrogens (tertiary/aromatic N) is 3. The summed E-state index contributed by atoms with van der Waals surface area (Å²) in [4.78, 5) is 20.3. The first-order valence-electron chi connectivity index (χ1n) is 6.91. The molecular weight excluding hydrogens is 268 g/mol. The Balaban J connectivity index is 1.87. The Morgan fingerprint density at radius 3 is 2.95 bits per heavy atom. The molecule has 0 radical (unpaired) electrons. The minimum Gasteiger partial charge on any atom is -0.383 e. The van der Waals surface area contributed by atoms with Crippen molar-refractivity contribution in [1.29, 1.82) is 0 Å². The molecule has 0 aromatic carbocycles. The molecule has 0 saturated carbocycles. The van der Waals surface area contributed by atoms with Crippen molar-refractivity contribution in [2.24, 2.45) is 0 Å². The minimum absolute atomic E-state index is 0.165. The third kappa shape index (κ3) is 4.13. The second-order valence-corrected chi connectivity index (χ2v) is 4.68. The predicted octanol–water partition coefficient (Wildman–Crippen LogP) is 1.21. The summed E-state index contributed by atoms with van der Waals surface area (Å²) in [5, 5.41) is 2.85. The summed E-state index contributed by atoms with van der Waals surface area (Å²) >= 11 is 0. The molecule has 0 spiro atoms. The zero-order valence-electron chi connectivity index (χ0n) is 12.4. The summed E-state index contributed by atoms with van der Waals surface area (Å²) in [6.07, 6.45) is 4.12.